The number of benzene rings is 1. The lowest BCUT2D eigenvalue weighted by Crippen LogP contribution is -2.35. The molecule has 0 spiro atoms. The van der Waals surface area contributed by atoms with Gasteiger partial charge in [0, 0.05) is 0 Å². The van der Waals surface area contributed by atoms with Crippen LogP contribution in [-0.2, 0) is 14.8 Å². The van der Waals surface area contributed by atoms with Crippen molar-refractivity contribution in [2.45, 2.75) is 4.90 Å². The molecule has 2 rings (SSSR count). The largest absolute Gasteiger partial charge is 0.303 e. The first-order valence-electron chi connectivity index (χ1n) is 4.33. The van der Waals surface area contributed by atoms with Crippen molar-refractivity contribution in [1.82, 2.24) is 4.31 Å². The number of sulfonamides is 1. The predicted molar refractivity (Wildman–Crippen MR) is 58.3 cm³/mol. The van der Waals surface area contributed by atoms with Crippen LogP contribution < -0.4 is 0 Å². The van der Waals surface area contributed by atoms with Gasteiger partial charge in [0.05, 0.1) is 10.6 Å². The van der Waals surface area contributed by atoms with E-state index in [1.807, 2.05) is 0 Å². The summed E-state index contributed by atoms with van der Waals surface area (Å²) < 4.78 is 24.2. The lowest BCUT2D eigenvalue weighted by molar-refractivity contribution is -0.121. The molecule has 0 bridgehead atoms. The molecule has 0 N–H and O–H groups in total. The molecule has 1 fully saturated rings. The summed E-state index contributed by atoms with van der Waals surface area (Å²) in [5, 5.41) is -0.742. The van der Waals surface area contributed by atoms with Gasteiger partial charge in [-0.3, -0.25) is 9.59 Å². The van der Waals surface area contributed by atoms with E-state index in [4.69, 9.17) is 0 Å². The summed E-state index contributed by atoms with van der Waals surface area (Å²) in [7, 11) is -4.02. The molecule has 1 aromatic rings. The second kappa shape index (κ2) is 3.91. The standard InChI is InChI=1S/C9H7NO4S2/c11-8-6-15-9(12)10(8)16(13,14)7-4-2-1-3-5-7/h1-5H,6H2. The van der Waals surface area contributed by atoms with Gasteiger partial charge in [-0.2, -0.15) is 4.31 Å². The summed E-state index contributed by atoms with van der Waals surface area (Å²) in [6, 6.07) is 7.41. The summed E-state index contributed by atoms with van der Waals surface area (Å²) in [5.41, 5.74) is 0. The molecule has 1 saturated heterocycles. The number of amides is 2. The van der Waals surface area contributed by atoms with Crippen LogP contribution in [0.2, 0.25) is 0 Å². The van der Waals surface area contributed by atoms with E-state index in [1.165, 1.54) is 24.3 Å². The number of carbonyl (C=O) groups is 2. The van der Waals surface area contributed by atoms with Crippen molar-refractivity contribution >= 4 is 32.9 Å². The van der Waals surface area contributed by atoms with Crippen molar-refractivity contribution < 1.29 is 18.0 Å². The fraction of sp³-hybridized carbons (Fsp3) is 0.111. The maximum Gasteiger partial charge on any atom is 0.303 e. The average molecular weight is 257 g/mol. The van der Waals surface area contributed by atoms with Crippen LogP contribution in [0.25, 0.3) is 0 Å². The zero-order chi connectivity index (χ0) is 11.8. The van der Waals surface area contributed by atoms with Crippen LogP contribution in [0.1, 0.15) is 0 Å². The van der Waals surface area contributed by atoms with E-state index in [0.29, 0.717) is 16.1 Å². The Balaban J connectivity index is 2.48. The molecule has 0 radical (unpaired) electrons. The Morgan fingerprint density at radius 1 is 1.12 bits per heavy atom. The number of hydrogen-bond acceptors (Lipinski definition) is 5. The van der Waals surface area contributed by atoms with Gasteiger partial charge >= 0.3 is 5.24 Å². The van der Waals surface area contributed by atoms with Crippen LogP contribution in [-0.4, -0.2) is 29.6 Å². The summed E-state index contributed by atoms with van der Waals surface area (Å²) in [6.07, 6.45) is 0. The zero-order valence-electron chi connectivity index (χ0n) is 7.99. The average Bonchev–Trinajstić information content (AvgIpc) is 2.60. The fourth-order valence-electron chi connectivity index (χ4n) is 1.27. The van der Waals surface area contributed by atoms with E-state index < -0.39 is 21.2 Å². The van der Waals surface area contributed by atoms with Crippen molar-refractivity contribution in [2.24, 2.45) is 0 Å². The molecule has 5 nitrogen and oxygen atoms in total. The molecule has 1 heterocycles. The third kappa shape index (κ3) is 1.72. The monoisotopic (exact) mass is 257 g/mol. The van der Waals surface area contributed by atoms with E-state index in [0.717, 1.165) is 0 Å². The first-order chi connectivity index (χ1) is 7.53. The molecule has 7 heteroatoms. The lowest BCUT2D eigenvalue weighted by atomic mass is 10.4. The van der Waals surface area contributed by atoms with Crippen LogP contribution >= 0.6 is 11.8 Å². The van der Waals surface area contributed by atoms with E-state index in [2.05, 4.69) is 0 Å². The number of carbonyl (C=O) groups excluding carboxylic acids is 2. The van der Waals surface area contributed by atoms with Gasteiger partial charge < -0.3 is 0 Å². The summed E-state index contributed by atoms with van der Waals surface area (Å²) >= 11 is 0.693. The quantitative estimate of drug-likeness (QED) is 0.792. The molecule has 0 aromatic heterocycles. The number of imide groups is 1. The number of thioether (sulfide) groups is 1. The van der Waals surface area contributed by atoms with Crippen molar-refractivity contribution in [2.75, 3.05) is 5.75 Å². The second-order valence-corrected chi connectivity index (χ2v) is 5.74. The van der Waals surface area contributed by atoms with Crippen LogP contribution in [0.4, 0.5) is 4.79 Å². The van der Waals surface area contributed by atoms with Crippen LogP contribution in [0.5, 0.6) is 0 Å². The number of hydrogen-bond donors (Lipinski definition) is 0. The lowest BCUT2D eigenvalue weighted by Gasteiger charge is -2.12. The van der Waals surface area contributed by atoms with Crippen LogP contribution in [0, 0.1) is 0 Å². The van der Waals surface area contributed by atoms with Gasteiger partial charge in [0.25, 0.3) is 15.9 Å². The highest BCUT2D eigenvalue weighted by Crippen LogP contribution is 2.26. The van der Waals surface area contributed by atoms with Crippen molar-refractivity contribution in [3.8, 4) is 0 Å². The normalized spacial score (nSPS) is 16.9. The minimum atomic E-state index is -4.02. The minimum absolute atomic E-state index is 0.0563. The van der Waals surface area contributed by atoms with E-state index in [9.17, 15) is 18.0 Å². The van der Waals surface area contributed by atoms with Crippen molar-refractivity contribution in [3.05, 3.63) is 30.3 Å². The maximum atomic E-state index is 11.9. The van der Waals surface area contributed by atoms with Gasteiger partial charge in [0.1, 0.15) is 0 Å². The topological polar surface area (TPSA) is 71.5 Å². The Kier molecular flexibility index (Phi) is 2.73. The van der Waals surface area contributed by atoms with Gasteiger partial charge in [-0.15, -0.1) is 0 Å². The second-order valence-electron chi connectivity index (χ2n) is 3.03. The Morgan fingerprint density at radius 3 is 2.25 bits per heavy atom. The Hall–Kier alpha value is -1.34. The van der Waals surface area contributed by atoms with Gasteiger partial charge in [-0.25, -0.2) is 8.42 Å². The molecule has 2 amide bonds. The van der Waals surface area contributed by atoms with Gasteiger partial charge in [-0.1, -0.05) is 30.0 Å². The highest BCUT2D eigenvalue weighted by Gasteiger charge is 2.40. The summed E-state index contributed by atoms with van der Waals surface area (Å²) in [6.45, 7) is 0. The number of nitrogens with zero attached hydrogens (tertiary/aromatic N) is 1. The third-order valence-electron chi connectivity index (χ3n) is 1.99. The van der Waals surface area contributed by atoms with Crippen LogP contribution in [0.15, 0.2) is 35.2 Å². The molecule has 0 unspecified atom stereocenters. The Labute approximate surface area is 96.5 Å². The van der Waals surface area contributed by atoms with Gasteiger partial charge in [0.15, 0.2) is 0 Å². The first kappa shape index (κ1) is 11.2. The predicted octanol–water partition coefficient (Wildman–Crippen LogP) is 1.07. The molecule has 1 aliphatic heterocycles. The summed E-state index contributed by atoms with van der Waals surface area (Å²) in [4.78, 5) is 22.5. The molecule has 16 heavy (non-hydrogen) atoms. The molecular weight excluding hydrogens is 250 g/mol. The molecule has 0 atom stereocenters. The van der Waals surface area contributed by atoms with E-state index in [-0.39, 0.29) is 10.6 Å². The van der Waals surface area contributed by atoms with Crippen LogP contribution in [0.3, 0.4) is 0 Å². The van der Waals surface area contributed by atoms with E-state index >= 15 is 0 Å². The molecule has 84 valence electrons. The highest BCUT2D eigenvalue weighted by molar-refractivity contribution is 8.16. The molecular formula is C9H7NO4S2. The number of rotatable bonds is 2. The smallest absolute Gasteiger partial charge is 0.272 e. The van der Waals surface area contributed by atoms with Crippen molar-refractivity contribution in [1.29, 1.82) is 0 Å². The highest BCUT2D eigenvalue weighted by atomic mass is 32.2. The molecule has 0 aliphatic carbocycles. The molecule has 1 aliphatic rings. The van der Waals surface area contributed by atoms with Crippen molar-refractivity contribution in [3.63, 3.8) is 0 Å². The Bertz CT molecular complexity index is 522. The minimum Gasteiger partial charge on any atom is -0.272 e. The molecule has 1 aromatic carbocycles. The van der Waals surface area contributed by atoms with Gasteiger partial charge in [-0.05, 0) is 12.1 Å². The maximum absolute atomic E-state index is 11.9. The third-order valence-corrected chi connectivity index (χ3v) is 4.65. The van der Waals surface area contributed by atoms with Gasteiger partial charge in [0.2, 0.25) is 0 Å². The fourth-order valence-corrected chi connectivity index (χ4v) is 3.64. The summed E-state index contributed by atoms with van der Waals surface area (Å²) in [5.74, 6) is -0.816. The molecule has 0 saturated carbocycles. The SMILES string of the molecule is O=C1CSC(=O)N1S(=O)(=O)c1ccccc1. The first-order valence-corrected chi connectivity index (χ1v) is 6.76. The van der Waals surface area contributed by atoms with E-state index in [1.54, 1.807) is 6.07 Å². The zero-order valence-corrected chi connectivity index (χ0v) is 9.62. The Morgan fingerprint density at radius 2 is 1.75 bits per heavy atom.